The van der Waals surface area contributed by atoms with Crippen molar-refractivity contribution in [2.75, 3.05) is 7.11 Å². The predicted octanol–water partition coefficient (Wildman–Crippen LogP) is 9.42. The third-order valence-corrected chi connectivity index (χ3v) is 10.7. The molecule has 3 aliphatic carbocycles. The Morgan fingerprint density at radius 3 is 2.24 bits per heavy atom. The Hall–Kier alpha value is -4.37. The van der Waals surface area contributed by atoms with Gasteiger partial charge in [-0.05, 0) is 89.1 Å². The summed E-state index contributed by atoms with van der Waals surface area (Å²) in [6.07, 6.45) is 9.67. The average Bonchev–Trinajstić information content (AvgIpc) is 3.74. The van der Waals surface area contributed by atoms with Crippen LogP contribution in [-0.4, -0.2) is 7.11 Å². The van der Waals surface area contributed by atoms with Crippen LogP contribution in [0.2, 0.25) is 0 Å². The topological polar surface area (TPSA) is 18.5 Å². The molecule has 2 nitrogen and oxygen atoms in total. The van der Waals surface area contributed by atoms with Gasteiger partial charge in [0, 0.05) is 27.5 Å². The summed E-state index contributed by atoms with van der Waals surface area (Å²) >= 11 is 0. The van der Waals surface area contributed by atoms with Crippen molar-refractivity contribution < 1.29 is 13.9 Å². The van der Waals surface area contributed by atoms with Crippen LogP contribution in [0.4, 0.5) is 4.39 Å². The first-order chi connectivity index (χ1) is 20.6. The van der Waals surface area contributed by atoms with E-state index in [1.54, 1.807) is 7.11 Å². The predicted molar refractivity (Wildman–Crippen MR) is 165 cm³/mol. The summed E-state index contributed by atoms with van der Waals surface area (Å²) < 4.78 is 27.0. The zero-order chi connectivity index (χ0) is 28.1. The molecular weight excluding hydrogens is 519 g/mol. The van der Waals surface area contributed by atoms with Gasteiger partial charge in [-0.1, -0.05) is 85.3 Å². The molecule has 1 heterocycles. The van der Waals surface area contributed by atoms with Crippen LogP contribution in [0.5, 0.6) is 11.5 Å². The quantitative estimate of drug-likeness (QED) is 0.223. The van der Waals surface area contributed by atoms with Gasteiger partial charge in [-0.2, -0.15) is 0 Å². The molecular formula is C39H31FO2. The molecule has 0 aromatic heterocycles. The van der Waals surface area contributed by atoms with E-state index >= 15 is 0 Å². The van der Waals surface area contributed by atoms with Crippen molar-refractivity contribution >= 4 is 16.8 Å². The molecule has 2 fully saturated rings. The summed E-state index contributed by atoms with van der Waals surface area (Å²) in [5.74, 6) is 2.87. The van der Waals surface area contributed by atoms with Gasteiger partial charge in [0.05, 0.1) is 7.11 Å². The van der Waals surface area contributed by atoms with Gasteiger partial charge in [0.2, 0.25) is 0 Å². The number of hydrogen-bond acceptors (Lipinski definition) is 2. The van der Waals surface area contributed by atoms with Gasteiger partial charge in [0.15, 0.2) is 5.60 Å². The van der Waals surface area contributed by atoms with E-state index in [2.05, 4.69) is 72.8 Å². The Bertz CT molecular complexity index is 1920. The van der Waals surface area contributed by atoms with Gasteiger partial charge in [-0.25, -0.2) is 4.39 Å². The maximum Gasteiger partial charge on any atom is 0.178 e. The van der Waals surface area contributed by atoms with Crippen molar-refractivity contribution in [2.24, 2.45) is 11.8 Å². The minimum absolute atomic E-state index is 0.0205. The Morgan fingerprint density at radius 2 is 1.52 bits per heavy atom. The van der Waals surface area contributed by atoms with Gasteiger partial charge in [-0.15, -0.1) is 0 Å². The second-order valence-corrected chi connectivity index (χ2v) is 12.5. The molecule has 5 aromatic carbocycles. The first kappa shape index (κ1) is 24.2. The molecule has 0 radical (unpaired) electrons. The summed E-state index contributed by atoms with van der Waals surface area (Å²) in [6, 6.07) is 32.7. The zero-order valence-corrected chi connectivity index (χ0v) is 23.6. The van der Waals surface area contributed by atoms with Crippen molar-refractivity contribution in [2.45, 2.75) is 36.7 Å². The Kier molecular flexibility index (Phi) is 4.95. The molecule has 2 bridgehead atoms. The molecule has 206 valence electrons. The van der Waals surface area contributed by atoms with Gasteiger partial charge in [0.1, 0.15) is 17.3 Å². The number of rotatable bonds is 3. The standard InChI is InChI=1S/C39H31FO2/c1-41-29-18-14-26(15-19-29)39(25-12-16-28(40)17-13-25)21-20-33-36-35(30-6-2-3-7-31(30)37(33)42-39)32-8-4-5-9-34(32)38(36)23-24-10-11-27(38)22-24/h2-9,12-21,24,27H,10-11,22-23H2,1H3. The van der Waals surface area contributed by atoms with Crippen LogP contribution >= 0.6 is 0 Å². The number of fused-ring (bicyclic) bond motifs is 13. The maximum absolute atomic E-state index is 14.2. The highest BCUT2D eigenvalue weighted by atomic mass is 19.1. The number of halogens is 1. The lowest BCUT2D eigenvalue weighted by molar-refractivity contribution is 0.162. The third-order valence-electron chi connectivity index (χ3n) is 10.7. The van der Waals surface area contributed by atoms with E-state index in [1.165, 1.54) is 71.0 Å². The fourth-order valence-corrected chi connectivity index (χ4v) is 9.04. The maximum atomic E-state index is 14.2. The average molecular weight is 551 g/mol. The fraction of sp³-hybridized carbons (Fsp3) is 0.231. The molecule has 42 heavy (non-hydrogen) atoms. The Balaban J connectivity index is 1.35. The summed E-state index contributed by atoms with van der Waals surface area (Å²) in [5, 5.41) is 2.36. The molecule has 4 atom stereocenters. The molecule has 1 spiro atoms. The third kappa shape index (κ3) is 3.04. The molecule has 4 unspecified atom stereocenters. The lowest BCUT2D eigenvalue weighted by atomic mass is 9.65. The van der Waals surface area contributed by atoms with E-state index in [0.29, 0.717) is 5.92 Å². The van der Waals surface area contributed by atoms with Crippen molar-refractivity contribution in [3.05, 3.63) is 137 Å². The molecule has 1 aliphatic heterocycles. The van der Waals surface area contributed by atoms with Gasteiger partial charge in [0.25, 0.3) is 0 Å². The van der Waals surface area contributed by atoms with Crippen LogP contribution in [-0.2, 0) is 11.0 Å². The Morgan fingerprint density at radius 1 is 0.810 bits per heavy atom. The summed E-state index contributed by atoms with van der Waals surface area (Å²) in [4.78, 5) is 0. The summed E-state index contributed by atoms with van der Waals surface area (Å²) in [6.45, 7) is 0. The Labute approximate surface area is 245 Å². The highest BCUT2D eigenvalue weighted by molar-refractivity contribution is 6.08. The second-order valence-electron chi connectivity index (χ2n) is 12.5. The smallest absolute Gasteiger partial charge is 0.178 e. The molecule has 5 aromatic rings. The minimum Gasteiger partial charge on any atom is -0.497 e. The van der Waals surface area contributed by atoms with Gasteiger partial charge < -0.3 is 9.47 Å². The van der Waals surface area contributed by atoms with Gasteiger partial charge in [-0.3, -0.25) is 0 Å². The van der Waals surface area contributed by atoms with Crippen LogP contribution in [0.3, 0.4) is 0 Å². The molecule has 3 heteroatoms. The van der Waals surface area contributed by atoms with E-state index < -0.39 is 5.60 Å². The molecule has 2 saturated carbocycles. The molecule has 0 N–H and O–H groups in total. The molecule has 9 rings (SSSR count). The van der Waals surface area contributed by atoms with Crippen LogP contribution in [0.25, 0.3) is 28.0 Å². The van der Waals surface area contributed by atoms with Crippen molar-refractivity contribution in [3.63, 3.8) is 0 Å². The number of hydrogen-bond donors (Lipinski definition) is 0. The van der Waals surface area contributed by atoms with Crippen LogP contribution in [0.1, 0.15) is 53.5 Å². The first-order valence-electron chi connectivity index (χ1n) is 15.1. The lowest BCUT2D eigenvalue weighted by Crippen LogP contribution is -2.36. The van der Waals surface area contributed by atoms with Crippen LogP contribution < -0.4 is 9.47 Å². The van der Waals surface area contributed by atoms with Crippen LogP contribution in [0.15, 0.2) is 103 Å². The summed E-state index contributed by atoms with van der Waals surface area (Å²) in [5.41, 5.74) is 7.91. The number of methoxy groups -OCH3 is 1. The normalized spacial score (nSPS) is 26.2. The lowest BCUT2D eigenvalue weighted by Gasteiger charge is -2.41. The zero-order valence-electron chi connectivity index (χ0n) is 23.6. The van der Waals surface area contributed by atoms with E-state index in [-0.39, 0.29) is 11.2 Å². The SMILES string of the molecule is COc1ccc(C2(c3ccc(F)cc3)C=Cc3c4c(c5ccccc5c3O2)-c2ccccc2C42CC3CCC2C3)cc1. The monoisotopic (exact) mass is 550 g/mol. The van der Waals surface area contributed by atoms with Crippen molar-refractivity contribution in [3.8, 4) is 22.6 Å². The van der Waals surface area contributed by atoms with Crippen molar-refractivity contribution in [1.82, 2.24) is 0 Å². The van der Waals surface area contributed by atoms with Crippen LogP contribution in [0, 0.1) is 17.7 Å². The van der Waals surface area contributed by atoms with Gasteiger partial charge >= 0.3 is 0 Å². The van der Waals surface area contributed by atoms with E-state index in [4.69, 9.17) is 9.47 Å². The highest BCUT2D eigenvalue weighted by Gasteiger charge is 2.58. The fourth-order valence-electron chi connectivity index (χ4n) is 9.04. The van der Waals surface area contributed by atoms with E-state index in [0.717, 1.165) is 33.9 Å². The van der Waals surface area contributed by atoms with E-state index in [9.17, 15) is 4.39 Å². The molecule has 4 aliphatic rings. The molecule has 0 saturated heterocycles. The first-order valence-corrected chi connectivity index (χ1v) is 15.1. The second kappa shape index (κ2) is 8.58. The summed E-state index contributed by atoms with van der Waals surface area (Å²) in [7, 11) is 1.67. The molecule has 0 amide bonds. The number of ether oxygens (including phenoxy) is 2. The highest BCUT2D eigenvalue weighted by Crippen LogP contribution is 2.68. The largest absolute Gasteiger partial charge is 0.497 e. The number of benzene rings is 5. The van der Waals surface area contributed by atoms with Crippen molar-refractivity contribution in [1.29, 1.82) is 0 Å². The van der Waals surface area contributed by atoms with E-state index in [1.807, 2.05) is 24.3 Å². The minimum atomic E-state index is -0.919.